The van der Waals surface area contributed by atoms with Gasteiger partial charge in [-0.3, -0.25) is 0 Å². The monoisotopic (exact) mass is 332 g/mol. The van der Waals surface area contributed by atoms with Gasteiger partial charge in [0.1, 0.15) is 5.75 Å². The van der Waals surface area contributed by atoms with Gasteiger partial charge < -0.3 is 19.7 Å². The second-order valence-electron chi connectivity index (χ2n) is 6.88. The van der Waals surface area contributed by atoms with E-state index >= 15 is 0 Å². The average molecular weight is 332 g/mol. The maximum atomic E-state index is 12.7. The van der Waals surface area contributed by atoms with E-state index in [1.54, 1.807) is 7.11 Å². The number of urea groups is 1. The van der Waals surface area contributed by atoms with Crippen LogP contribution in [0.25, 0.3) is 0 Å². The molecule has 1 aliphatic carbocycles. The number of nitrogens with one attached hydrogen (secondary N) is 1. The van der Waals surface area contributed by atoms with Crippen LogP contribution in [0.1, 0.15) is 38.2 Å². The van der Waals surface area contributed by atoms with Crippen molar-refractivity contribution in [2.24, 2.45) is 5.92 Å². The fourth-order valence-electron chi connectivity index (χ4n) is 3.27. The Morgan fingerprint density at radius 1 is 1.33 bits per heavy atom. The molecule has 2 amide bonds. The highest BCUT2D eigenvalue weighted by atomic mass is 16.5. The van der Waals surface area contributed by atoms with Crippen LogP contribution in [0, 0.1) is 5.92 Å². The summed E-state index contributed by atoms with van der Waals surface area (Å²) in [6.07, 6.45) is 4.75. The summed E-state index contributed by atoms with van der Waals surface area (Å²) in [5.74, 6) is 1.47. The molecular formula is C19H28N2O3. The lowest BCUT2D eigenvalue weighted by atomic mass is 10.1. The molecule has 2 atom stereocenters. The Hall–Kier alpha value is -1.75. The number of nitrogens with zero attached hydrogens (tertiary/aromatic N) is 1. The highest BCUT2D eigenvalue weighted by molar-refractivity contribution is 5.74. The number of hydrogen-bond acceptors (Lipinski definition) is 3. The summed E-state index contributed by atoms with van der Waals surface area (Å²) < 4.78 is 10.8. The number of carbonyl (C=O) groups excluding carboxylic acids is 1. The summed E-state index contributed by atoms with van der Waals surface area (Å²) in [5.41, 5.74) is 1.12. The van der Waals surface area contributed by atoms with E-state index in [4.69, 9.17) is 9.47 Å². The van der Waals surface area contributed by atoms with E-state index in [1.807, 2.05) is 29.2 Å². The summed E-state index contributed by atoms with van der Waals surface area (Å²) in [5, 5.41) is 3.07. The number of methoxy groups -OCH3 is 1. The fraction of sp³-hybridized carbons (Fsp3) is 0.632. The van der Waals surface area contributed by atoms with Gasteiger partial charge in [-0.2, -0.15) is 0 Å². The number of rotatable bonds is 7. The molecule has 5 heteroatoms. The van der Waals surface area contributed by atoms with Crippen molar-refractivity contribution in [1.29, 1.82) is 0 Å². The van der Waals surface area contributed by atoms with E-state index in [2.05, 4.69) is 12.2 Å². The Labute approximate surface area is 144 Å². The average Bonchev–Trinajstić information content (AvgIpc) is 3.33. The molecule has 1 heterocycles. The van der Waals surface area contributed by atoms with Gasteiger partial charge >= 0.3 is 6.03 Å². The minimum absolute atomic E-state index is 0.0146. The molecule has 1 aromatic rings. The maximum absolute atomic E-state index is 12.7. The molecule has 0 aromatic heterocycles. The van der Waals surface area contributed by atoms with Gasteiger partial charge in [-0.25, -0.2) is 4.79 Å². The van der Waals surface area contributed by atoms with Crippen LogP contribution in [-0.2, 0) is 11.3 Å². The Balaban J connectivity index is 1.61. The van der Waals surface area contributed by atoms with Gasteiger partial charge in [0.2, 0.25) is 0 Å². The van der Waals surface area contributed by atoms with E-state index in [9.17, 15) is 4.79 Å². The topological polar surface area (TPSA) is 50.8 Å². The first-order valence-electron chi connectivity index (χ1n) is 8.96. The van der Waals surface area contributed by atoms with E-state index in [0.29, 0.717) is 19.0 Å². The predicted octanol–water partition coefficient (Wildman–Crippen LogP) is 3.18. The molecule has 2 aliphatic rings. The van der Waals surface area contributed by atoms with Gasteiger partial charge in [0.25, 0.3) is 0 Å². The predicted molar refractivity (Wildman–Crippen MR) is 93.1 cm³/mol. The molecule has 1 saturated carbocycles. The van der Waals surface area contributed by atoms with Crippen molar-refractivity contribution in [2.45, 2.75) is 51.3 Å². The summed E-state index contributed by atoms with van der Waals surface area (Å²) in [4.78, 5) is 14.7. The summed E-state index contributed by atoms with van der Waals surface area (Å²) in [7, 11) is 1.66. The molecule has 1 aliphatic heterocycles. The Kier molecular flexibility index (Phi) is 5.61. The van der Waals surface area contributed by atoms with E-state index < -0.39 is 0 Å². The van der Waals surface area contributed by atoms with Crippen molar-refractivity contribution in [1.82, 2.24) is 10.2 Å². The normalized spacial score (nSPS) is 21.3. The molecule has 1 aromatic carbocycles. The second kappa shape index (κ2) is 7.88. The van der Waals surface area contributed by atoms with Crippen molar-refractivity contribution < 1.29 is 14.3 Å². The first kappa shape index (κ1) is 17.1. The molecule has 1 saturated heterocycles. The third kappa shape index (κ3) is 4.41. The minimum atomic E-state index is 0.0146. The van der Waals surface area contributed by atoms with E-state index in [0.717, 1.165) is 30.8 Å². The first-order chi connectivity index (χ1) is 11.7. The fourth-order valence-corrected chi connectivity index (χ4v) is 3.27. The number of amides is 2. The van der Waals surface area contributed by atoms with Crippen molar-refractivity contribution in [3.8, 4) is 5.75 Å². The lowest BCUT2D eigenvalue weighted by Crippen LogP contribution is -2.47. The summed E-state index contributed by atoms with van der Waals surface area (Å²) in [6.45, 7) is 4.20. The third-order valence-electron chi connectivity index (χ3n) is 5.07. The smallest absolute Gasteiger partial charge is 0.318 e. The van der Waals surface area contributed by atoms with Crippen LogP contribution in [0.2, 0.25) is 0 Å². The Bertz CT molecular complexity index is 536. The zero-order valence-corrected chi connectivity index (χ0v) is 14.7. The highest BCUT2D eigenvalue weighted by Crippen LogP contribution is 2.35. The SMILES string of the molecule is COc1ccc(CN(C(=O)NCC2CCCO2)C(C)C2CC2)cc1. The minimum Gasteiger partial charge on any atom is -0.497 e. The molecule has 3 rings (SSSR count). The lowest BCUT2D eigenvalue weighted by Gasteiger charge is -2.30. The highest BCUT2D eigenvalue weighted by Gasteiger charge is 2.34. The molecular weight excluding hydrogens is 304 g/mol. The van der Waals surface area contributed by atoms with E-state index in [-0.39, 0.29) is 18.2 Å². The first-order valence-corrected chi connectivity index (χ1v) is 8.96. The van der Waals surface area contributed by atoms with Crippen LogP contribution < -0.4 is 10.1 Å². The lowest BCUT2D eigenvalue weighted by molar-refractivity contribution is 0.106. The summed E-state index contributed by atoms with van der Waals surface area (Å²) in [6, 6.07) is 8.22. The van der Waals surface area contributed by atoms with Crippen LogP contribution in [0.4, 0.5) is 4.79 Å². The number of ether oxygens (including phenoxy) is 2. The van der Waals surface area contributed by atoms with Crippen molar-refractivity contribution >= 4 is 6.03 Å². The van der Waals surface area contributed by atoms with Crippen molar-refractivity contribution in [3.63, 3.8) is 0 Å². The molecule has 24 heavy (non-hydrogen) atoms. The standard InChI is InChI=1S/C19H28N2O3/c1-14(16-7-8-16)21(13-15-5-9-17(23-2)10-6-15)19(22)20-12-18-4-3-11-24-18/h5-6,9-10,14,16,18H,3-4,7-8,11-13H2,1-2H3,(H,20,22). The zero-order chi connectivity index (χ0) is 16.9. The summed E-state index contributed by atoms with van der Waals surface area (Å²) >= 11 is 0. The van der Waals surface area contributed by atoms with Crippen LogP contribution >= 0.6 is 0 Å². The number of carbonyl (C=O) groups is 1. The van der Waals surface area contributed by atoms with Gasteiger partial charge in [-0.15, -0.1) is 0 Å². The molecule has 2 unspecified atom stereocenters. The van der Waals surface area contributed by atoms with Gasteiger partial charge in [0.15, 0.2) is 0 Å². The number of benzene rings is 1. The zero-order valence-electron chi connectivity index (χ0n) is 14.7. The molecule has 5 nitrogen and oxygen atoms in total. The largest absolute Gasteiger partial charge is 0.497 e. The van der Waals surface area contributed by atoms with Crippen LogP contribution in [0.3, 0.4) is 0 Å². The molecule has 0 spiro atoms. The van der Waals surface area contributed by atoms with Gasteiger partial charge in [0, 0.05) is 25.7 Å². The molecule has 2 fully saturated rings. The van der Waals surface area contributed by atoms with Gasteiger partial charge in [-0.05, 0) is 56.2 Å². The third-order valence-corrected chi connectivity index (χ3v) is 5.07. The van der Waals surface area contributed by atoms with Gasteiger partial charge in [0.05, 0.1) is 13.2 Å². The van der Waals surface area contributed by atoms with E-state index in [1.165, 1.54) is 12.8 Å². The molecule has 132 valence electrons. The molecule has 0 bridgehead atoms. The van der Waals surface area contributed by atoms with Crippen molar-refractivity contribution in [2.75, 3.05) is 20.3 Å². The quantitative estimate of drug-likeness (QED) is 0.834. The van der Waals surface area contributed by atoms with Crippen LogP contribution in [0.5, 0.6) is 5.75 Å². The second-order valence-corrected chi connectivity index (χ2v) is 6.88. The molecule has 1 N–H and O–H groups in total. The molecule has 0 radical (unpaired) electrons. The van der Waals surface area contributed by atoms with Crippen molar-refractivity contribution in [3.05, 3.63) is 29.8 Å². The number of hydrogen-bond donors (Lipinski definition) is 1. The Morgan fingerprint density at radius 2 is 2.08 bits per heavy atom. The maximum Gasteiger partial charge on any atom is 0.318 e. The van der Waals surface area contributed by atoms with Crippen LogP contribution in [0.15, 0.2) is 24.3 Å². The van der Waals surface area contributed by atoms with Gasteiger partial charge in [-0.1, -0.05) is 12.1 Å². The van der Waals surface area contributed by atoms with Crippen LogP contribution in [-0.4, -0.2) is 43.3 Å². The Morgan fingerprint density at radius 3 is 2.67 bits per heavy atom.